The van der Waals surface area contributed by atoms with Gasteiger partial charge in [-0.2, -0.15) is 0 Å². The molecule has 0 heteroatoms. The smallest absolute Gasteiger partial charge is 0.0231 e. The monoisotopic (exact) mass is 88.1 g/mol. The van der Waals surface area contributed by atoms with Gasteiger partial charge in [0.05, 0.1) is 0 Å². The van der Waals surface area contributed by atoms with Gasteiger partial charge in [0.2, 0.25) is 0 Å². The molecule has 0 bridgehead atoms. The summed E-state index contributed by atoms with van der Waals surface area (Å²) >= 11 is 0. The molecular formula is C6H14. The Morgan fingerprint density at radius 2 is 2.00 bits per heavy atom. The van der Waals surface area contributed by atoms with E-state index in [0.29, 0.717) is 12.3 Å². The Hall–Kier alpha value is 0. The van der Waals surface area contributed by atoms with Crippen LogP contribution in [-0.2, 0) is 0 Å². The molecule has 0 aromatic heterocycles. The van der Waals surface area contributed by atoms with Gasteiger partial charge in [0.25, 0.3) is 0 Å². The Labute approximate surface area is 42.0 Å². The quantitative estimate of drug-likeness (QED) is 0.426. The Bertz CT molecular complexity index is 42.6. The van der Waals surface area contributed by atoms with Gasteiger partial charge in [0, 0.05) is 1.37 Å². The van der Waals surface area contributed by atoms with Crippen molar-refractivity contribution >= 4 is 0 Å². The van der Waals surface area contributed by atoms with Gasteiger partial charge in [0.1, 0.15) is 0 Å². The summed E-state index contributed by atoms with van der Waals surface area (Å²) in [6.45, 7) is 7.02. The van der Waals surface area contributed by atoms with E-state index < -0.39 is 0 Å². The highest BCUT2D eigenvalue weighted by Crippen LogP contribution is 2.16. The highest BCUT2D eigenvalue weighted by molar-refractivity contribution is 4.55. The van der Waals surface area contributed by atoms with Crippen LogP contribution in [0.2, 0.25) is 0 Å². The summed E-state index contributed by atoms with van der Waals surface area (Å²) in [5.74, 6) is 0. The summed E-state index contributed by atoms with van der Waals surface area (Å²) in [5.41, 5.74) is 0.363. The minimum Gasteiger partial charge on any atom is -0.0649 e. The molecule has 6 heavy (non-hydrogen) atoms. The highest BCUT2D eigenvalue weighted by Gasteiger charge is 2.03. The fraction of sp³-hybridized carbons (Fsp3) is 1.00. The molecule has 0 heterocycles. The van der Waals surface area contributed by atoms with Crippen molar-refractivity contribution in [1.29, 1.82) is 0 Å². The third-order valence-corrected chi connectivity index (χ3v) is 0.750. The van der Waals surface area contributed by atoms with Crippen LogP contribution in [0.5, 0.6) is 0 Å². The van der Waals surface area contributed by atoms with Crippen molar-refractivity contribution in [1.82, 2.24) is 0 Å². The third kappa shape index (κ3) is 4.00. The van der Waals surface area contributed by atoms with Gasteiger partial charge in [-0.1, -0.05) is 34.1 Å². The van der Waals surface area contributed by atoms with E-state index >= 15 is 0 Å². The molecule has 0 radical (unpaired) electrons. The maximum absolute atomic E-state index is 6.86. The normalized spacial score (nSPS) is 14.2. The first kappa shape index (κ1) is 4.17. The maximum Gasteiger partial charge on any atom is 0.0231 e. The number of hydrogen-bond acceptors (Lipinski definition) is 0. The van der Waals surface area contributed by atoms with Crippen LogP contribution in [0.3, 0.4) is 0 Å². The average Bonchev–Trinajstić information content (AvgIpc) is 1.30. The molecule has 0 aromatic rings. The molecule has 0 rings (SSSR count). The molecule has 0 aliphatic rings. The summed E-state index contributed by atoms with van der Waals surface area (Å²) in [7, 11) is 0. The second-order valence-electron chi connectivity index (χ2n) is 2.81. The molecule has 0 fully saturated rings. The molecule has 0 amide bonds. The number of rotatable bonds is 0. The van der Waals surface area contributed by atoms with Gasteiger partial charge in [-0.25, -0.2) is 0 Å². The largest absolute Gasteiger partial charge is 0.0649 e. The van der Waals surface area contributed by atoms with E-state index in [4.69, 9.17) is 1.37 Å². The van der Waals surface area contributed by atoms with Crippen molar-refractivity contribution in [3.05, 3.63) is 0 Å². The summed E-state index contributed by atoms with van der Waals surface area (Å²) < 4.78 is 6.86. The average molecular weight is 88.2 g/mol. The predicted molar refractivity (Wildman–Crippen MR) is 29.7 cm³/mol. The minimum atomic E-state index is 0.363. The molecule has 0 saturated carbocycles. The van der Waals surface area contributed by atoms with E-state index in [9.17, 15) is 0 Å². The standard InChI is InChI=1S/C6H14/c1-5-6(2,3)4/h5H2,1-4H3/i1T. The van der Waals surface area contributed by atoms with E-state index in [-0.39, 0.29) is 0 Å². The van der Waals surface area contributed by atoms with Crippen LogP contribution >= 0.6 is 0 Å². The van der Waals surface area contributed by atoms with Crippen molar-refractivity contribution in [2.24, 2.45) is 5.41 Å². The second-order valence-corrected chi connectivity index (χ2v) is 2.81. The zero-order valence-corrected chi connectivity index (χ0v) is 4.91. The minimum absolute atomic E-state index is 0.363. The molecule has 0 unspecified atom stereocenters. The van der Waals surface area contributed by atoms with Gasteiger partial charge in [-0.05, 0) is 5.41 Å². The molecular weight excluding hydrogens is 72.1 g/mol. The Balaban J connectivity index is 3.15. The Kier molecular flexibility index (Phi) is 1.13. The van der Waals surface area contributed by atoms with Gasteiger partial charge in [-0.15, -0.1) is 0 Å². The topological polar surface area (TPSA) is 0 Å². The van der Waals surface area contributed by atoms with Crippen molar-refractivity contribution in [3.8, 4) is 0 Å². The summed E-state index contributed by atoms with van der Waals surface area (Å²) in [5, 5.41) is 0. The highest BCUT2D eigenvalue weighted by atomic mass is 14.1. The van der Waals surface area contributed by atoms with E-state index in [1.54, 1.807) is 0 Å². The first-order chi connectivity index (χ1) is 3.06. The van der Waals surface area contributed by atoms with Crippen molar-refractivity contribution in [2.45, 2.75) is 34.1 Å². The molecule has 0 aromatic carbocycles. The predicted octanol–water partition coefficient (Wildman–Crippen LogP) is 2.44. The summed E-state index contributed by atoms with van der Waals surface area (Å²) in [4.78, 5) is 0. The van der Waals surface area contributed by atoms with E-state index in [0.717, 1.165) is 6.42 Å². The molecule has 0 aliphatic heterocycles. The van der Waals surface area contributed by atoms with Gasteiger partial charge >= 0.3 is 0 Å². The first-order valence-electron chi connectivity index (χ1n) is 3.06. The van der Waals surface area contributed by atoms with E-state index in [1.807, 2.05) is 0 Å². The SMILES string of the molecule is [3H]CCC(C)(C)C. The van der Waals surface area contributed by atoms with Crippen LogP contribution in [0, 0.1) is 5.41 Å². The fourth-order valence-corrected chi connectivity index (χ4v) is 0. The molecule has 0 nitrogen and oxygen atoms in total. The molecule has 0 spiro atoms. The van der Waals surface area contributed by atoms with Gasteiger partial charge < -0.3 is 0 Å². The second kappa shape index (κ2) is 1.63. The molecule has 38 valence electrons. The van der Waals surface area contributed by atoms with Gasteiger partial charge in [-0.3, -0.25) is 0 Å². The summed E-state index contributed by atoms with van der Waals surface area (Å²) in [6, 6.07) is 0. The Morgan fingerprint density at radius 3 is 2.00 bits per heavy atom. The van der Waals surface area contributed by atoms with E-state index in [1.165, 1.54) is 0 Å². The zero-order valence-electron chi connectivity index (χ0n) is 5.91. The fourth-order valence-electron chi connectivity index (χ4n) is 0. The lowest BCUT2D eigenvalue weighted by molar-refractivity contribution is 0.398. The number of hydrogen-bond donors (Lipinski definition) is 0. The zero-order chi connectivity index (χ0) is 5.91. The molecule has 0 aliphatic carbocycles. The first-order valence-corrected chi connectivity index (χ1v) is 2.35. The molecule has 0 atom stereocenters. The maximum atomic E-state index is 6.86. The lowest BCUT2D eigenvalue weighted by atomic mass is 9.94. The summed E-state index contributed by atoms with van der Waals surface area (Å²) in [6.07, 6.45) is 1.01. The molecule has 0 N–H and O–H groups in total. The van der Waals surface area contributed by atoms with Gasteiger partial charge in [0.15, 0.2) is 0 Å². The van der Waals surface area contributed by atoms with Crippen molar-refractivity contribution < 1.29 is 1.37 Å². The van der Waals surface area contributed by atoms with Crippen LogP contribution < -0.4 is 0 Å². The van der Waals surface area contributed by atoms with Crippen molar-refractivity contribution in [2.75, 3.05) is 0 Å². The third-order valence-electron chi connectivity index (χ3n) is 0.750. The van der Waals surface area contributed by atoms with Crippen LogP contribution in [0.1, 0.15) is 35.5 Å². The van der Waals surface area contributed by atoms with Crippen molar-refractivity contribution in [3.63, 3.8) is 0 Å². The lowest BCUT2D eigenvalue weighted by Gasteiger charge is -2.12. The Morgan fingerprint density at radius 1 is 1.50 bits per heavy atom. The van der Waals surface area contributed by atoms with Crippen LogP contribution in [0.25, 0.3) is 0 Å². The van der Waals surface area contributed by atoms with Crippen LogP contribution in [0.15, 0.2) is 0 Å². The van der Waals surface area contributed by atoms with E-state index in [2.05, 4.69) is 20.8 Å². The van der Waals surface area contributed by atoms with Crippen LogP contribution in [0.4, 0.5) is 0 Å². The lowest BCUT2D eigenvalue weighted by Crippen LogP contribution is -2.00. The molecule has 0 saturated heterocycles. The van der Waals surface area contributed by atoms with Crippen LogP contribution in [-0.4, -0.2) is 0 Å².